The van der Waals surface area contributed by atoms with Gasteiger partial charge >= 0.3 is 0 Å². The van der Waals surface area contributed by atoms with E-state index in [1.807, 2.05) is 0 Å². The zero-order chi connectivity index (χ0) is 18.2. The molecule has 24 heavy (non-hydrogen) atoms. The number of nitrogens with zero attached hydrogens (tertiary/aromatic N) is 1. The Morgan fingerprint density at radius 1 is 1.12 bits per heavy atom. The molecule has 0 amide bonds. The molecule has 2 heteroatoms. The normalized spacial score (nSPS) is 19.6. The Balaban J connectivity index is 0.000000647. The first-order valence-electron chi connectivity index (χ1n) is 9.46. The summed E-state index contributed by atoms with van der Waals surface area (Å²) in [5.74, 6) is 3.42. The van der Waals surface area contributed by atoms with E-state index in [2.05, 4.69) is 88.9 Å². The Labute approximate surface area is 150 Å². The van der Waals surface area contributed by atoms with Crippen molar-refractivity contribution >= 4 is 13.8 Å². The molecule has 3 rings (SSSR count). The molecular weight excluding hydrogens is 306 g/mol. The molecule has 0 bridgehead atoms. The van der Waals surface area contributed by atoms with Crippen LogP contribution in [0.1, 0.15) is 64.5 Å². The molecule has 132 valence electrons. The van der Waals surface area contributed by atoms with E-state index >= 15 is 0 Å². The molecule has 1 aromatic rings. The first-order chi connectivity index (χ1) is 11.0. The van der Waals surface area contributed by atoms with Gasteiger partial charge in [-0.2, -0.15) is 0 Å². The predicted molar refractivity (Wildman–Crippen MR) is 111 cm³/mol. The van der Waals surface area contributed by atoms with Gasteiger partial charge in [-0.05, 0) is 48.4 Å². The van der Waals surface area contributed by atoms with Crippen LogP contribution in [-0.4, -0.2) is 20.7 Å². The van der Waals surface area contributed by atoms with Gasteiger partial charge in [-0.3, -0.25) is 0 Å². The predicted octanol–water partition coefficient (Wildman–Crippen LogP) is 5.98. The van der Waals surface area contributed by atoms with Crippen LogP contribution in [0.15, 0.2) is 18.2 Å². The molecule has 0 unspecified atom stereocenters. The van der Waals surface area contributed by atoms with E-state index in [4.69, 9.17) is 0 Å². The molecule has 0 radical (unpaired) electrons. The summed E-state index contributed by atoms with van der Waals surface area (Å²) in [7, 11) is 0.963. The maximum atomic E-state index is 3.49. The maximum Gasteiger partial charge on any atom is 0.129 e. The number of hydrogen-bond donors (Lipinski definition) is 0. The van der Waals surface area contributed by atoms with Gasteiger partial charge in [-0.1, -0.05) is 59.7 Å². The molecule has 0 saturated heterocycles. The van der Waals surface area contributed by atoms with Gasteiger partial charge in [0.25, 0.3) is 0 Å². The molecule has 1 saturated carbocycles. The summed E-state index contributed by atoms with van der Waals surface area (Å²) in [6.45, 7) is 15.9. The van der Waals surface area contributed by atoms with Crippen LogP contribution in [-0.2, 0) is 5.41 Å². The quantitative estimate of drug-likeness (QED) is 0.414. The van der Waals surface area contributed by atoms with Crippen LogP contribution < -0.4 is 4.90 Å². The standard InChI is InChI=1S/C19H27NSi.C3H8/c1-18(2)14-19(10-11-19)20(3)17-8-7-15(13-16(17)18)9-12-21(4,5)6;1-3-2/h7-8,13H,10-11,14H2,1-6H3;3H2,1-2H3. The molecule has 1 heterocycles. The van der Waals surface area contributed by atoms with E-state index in [0.29, 0.717) is 5.54 Å². The van der Waals surface area contributed by atoms with Gasteiger partial charge in [0.05, 0.1) is 0 Å². The molecule has 0 aromatic heterocycles. The molecule has 1 aliphatic carbocycles. The second kappa shape index (κ2) is 6.60. The van der Waals surface area contributed by atoms with E-state index in [1.165, 1.54) is 42.5 Å². The van der Waals surface area contributed by atoms with Crippen molar-refractivity contribution in [3.05, 3.63) is 29.3 Å². The summed E-state index contributed by atoms with van der Waals surface area (Å²) in [5.41, 5.74) is 8.27. The number of benzene rings is 1. The summed E-state index contributed by atoms with van der Waals surface area (Å²) in [6.07, 6.45) is 5.22. The summed E-state index contributed by atoms with van der Waals surface area (Å²) >= 11 is 0. The SMILES string of the molecule is CCC.CN1c2ccc(C#C[Si](C)(C)C)cc2C(C)(C)CC12CC2. The summed E-state index contributed by atoms with van der Waals surface area (Å²) in [5, 5.41) is 0. The third-order valence-electron chi connectivity index (χ3n) is 4.98. The highest BCUT2D eigenvalue weighted by atomic mass is 28.3. The zero-order valence-electron chi connectivity index (χ0n) is 17.0. The van der Waals surface area contributed by atoms with Crippen molar-refractivity contribution in [2.24, 2.45) is 0 Å². The minimum absolute atomic E-state index is 0.259. The average molecular weight is 342 g/mol. The Hall–Kier alpha value is -1.20. The lowest BCUT2D eigenvalue weighted by Crippen LogP contribution is -2.45. The summed E-state index contributed by atoms with van der Waals surface area (Å²) < 4.78 is 0. The molecule has 1 aliphatic heterocycles. The number of hydrogen-bond acceptors (Lipinski definition) is 1. The van der Waals surface area contributed by atoms with Crippen molar-refractivity contribution in [2.75, 3.05) is 11.9 Å². The smallest absolute Gasteiger partial charge is 0.129 e. The van der Waals surface area contributed by atoms with Crippen molar-refractivity contribution in [3.8, 4) is 11.5 Å². The second-order valence-corrected chi connectivity index (χ2v) is 14.0. The fourth-order valence-electron chi connectivity index (χ4n) is 3.66. The number of fused-ring (bicyclic) bond motifs is 1. The highest BCUT2D eigenvalue weighted by molar-refractivity contribution is 6.83. The largest absolute Gasteiger partial charge is 0.369 e. The molecule has 1 spiro atoms. The van der Waals surface area contributed by atoms with Crippen LogP contribution in [0.2, 0.25) is 19.6 Å². The third-order valence-corrected chi connectivity index (χ3v) is 5.85. The first-order valence-corrected chi connectivity index (χ1v) is 13.0. The molecule has 1 nitrogen and oxygen atoms in total. The zero-order valence-corrected chi connectivity index (χ0v) is 18.0. The molecule has 1 aromatic carbocycles. The highest BCUT2D eigenvalue weighted by Gasteiger charge is 2.53. The van der Waals surface area contributed by atoms with E-state index in [0.717, 1.165) is 0 Å². The number of rotatable bonds is 0. The van der Waals surface area contributed by atoms with Gasteiger partial charge in [-0.25, -0.2) is 0 Å². The van der Waals surface area contributed by atoms with Crippen LogP contribution in [0.5, 0.6) is 0 Å². The Kier molecular flexibility index (Phi) is 5.26. The van der Waals surface area contributed by atoms with Crippen LogP contribution in [0, 0.1) is 11.5 Å². The van der Waals surface area contributed by atoms with Crippen molar-refractivity contribution < 1.29 is 0 Å². The van der Waals surface area contributed by atoms with Crippen molar-refractivity contribution in [3.63, 3.8) is 0 Å². The Morgan fingerprint density at radius 2 is 1.71 bits per heavy atom. The van der Waals surface area contributed by atoms with Gasteiger partial charge in [0.2, 0.25) is 0 Å². The fourth-order valence-corrected chi connectivity index (χ4v) is 4.18. The molecular formula is C22H35NSi. The number of anilines is 1. The van der Waals surface area contributed by atoms with Crippen molar-refractivity contribution in [1.29, 1.82) is 0 Å². The van der Waals surface area contributed by atoms with E-state index in [-0.39, 0.29) is 5.41 Å². The van der Waals surface area contributed by atoms with Gasteiger partial charge in [-0.15, -0.1) is 5.54 Å². The van der Waals surface area contributed by atoms with Gasteiger partial charge in [0.1, 0.15) is 8.07 Å². The van der Waals surface area contributed by atoms with Crippen LogP contribution in [0.25, 0.3) is 0 Å². The lowest BCUT2D eigenvalue weighted by molar-refractivity contribution is 0.378. The van der Waals surface area contributed by atoms with Crippen LogP contribution >= 0.6 is 0 Å². The van der Waals surface area contributed by atoms with Gasteiger partial charge in [0.15, 0.2) is 0 Å². The molecule has 1 fully saturated rings. The first kappa shape index (κ1) is 19.1. The molecule has 2 aliphatic rings. The van der Waals surface area contributed by atoms with Crippen molar-refractivity contribution in [2.45, 2.75) is 84.0 Å². The second-order valence-electron chi connectivity index (χ2n) is 9.28. The van der Waals surface area contributed by atoms with Crippen molar-refractivity contribution in [1.82, 2.24) is 0 Å². The maximum absolute atomic E-state index is 3.49. The van der Waals surface area contributed by atoms with Gasteiger partial charge in [0, 0.05) is 23.8 Å². The fraction of sp³-hybridized carbons (Fsp3) is 0.636. The minimum Gasteiger partial charge on any atom is -0.369 e. The lowest BCUT2D eigenvalue weighted by atomic mass is 9.73. The average Bonchev–Trinajstić information content (AvgIpc) is 3.23. The molecule has 0 atom stereocenters. The monoisotopic (exact) mass is 341 g/mol. The Morgan fingerprint density at radius 3 is 2.21 bits per heavy atom. The van der Waals surface area contributed by atoms with Crippen LogP contribution in [0.4, 0.5) is 5.69 Å². The lowest BCUT2D eigenvalue weighted by Gasteiger charge is -2.45. The third kappa shape index (κ3) is 4.06. The molecule has 0 N–H and O–H groups in total. The van der Waals surface area contributed by atoms with E-state index in [9.17, 15) is 0 Å². The summed E-state index contributed by atoms with van der Waals surface area (Å²) in [6, 6.07) is 6.85. The Bertz CT molecular complexity index is 651. The highest BCUT2D eigenvalue weighted by Crippen LogP contribution is 2.56. The van der Waals surface area contributed by atoms with Gasteiger partial charge < -0.3 is 4.90 Å². The van der Waals surface area contributed by atoms with Crippen LogP contribution in [0.3, 0.4) is 0 Å². The van der Waals surface area contributed by atoms with E-state index in [1.54, 1.807) is 0 Å². The summed E-state index contributed by atoms with van der Waals surface area (Å²) in [4.78, 5) is 2.53. The van der Waals surface area contributed by atoms with E-state index < -0.39 is 8.07 Å². The minimum atomic E-state index is -1.31. The topological polar surface area (TPSA) is 3.24 Å².